The number of hydrogen-bond acceptors (Lipinski definition) is 9. The fourth-order valence-electron chi connectivity index (χ4n) is 5.80. The molecule has 0 bridgehead atoms. The summed E-state index contributed by atoms with van der Waals surface area (Å²) in [6.07, 6.45) is 4.68. The topological polar surface area (TPSA) is 129 Å². The maximum absolute atomic E-state index is 11.8. The van der Waals surface area contributed by atoms with Crippen LogP contribution in [0.25, 0.3) is 22.4 Å². The van der Waals surface area contributed by atoms with Crippen molar-refractivity contribution in [1.82, 2.24) is 35.3 Å². The average molecular weight is 566 g/mol. The predicted molar refractivity (Wildman–Crippen MR) is 147 cm³/mol. The Balaban J connectivity index is 1.61. The summed E-state index contributed by atoms with van der Waals surface area (Å²) in [6.45, 7) is 6.83. The zero-order valence-electron chi connectivity index (χ0n) is 22.9. The van der Waals surface area contributed by atoms with Crippen LogP contribution < -0.4 is 10.8 Å². The molecule has 0 spiro atoms. The Morgan fingerprint density at radius 1 is 1.20 bits per heavy atom. The van der Waals surface area contributed by atoms with Gasteiger partial charge in [-0.25, -0.2) is 24.7 Å². The smallest absolute Gasteiger partial charge is 0.427 e. The molecule has 11 nitrogen and oxygen atoms in total. The molecule has 1 saturated heterocycles. The number of aryl methyl sites for hydroxylation is 1. The number of benzene rings is 1. The lowest BCUT2D eigenvalue weighted by Crippen LogP contribution is -2.32. The van der Waals surface area contributed by atoms with E-state index in [9.17, 15) is 4.79 Å². The highest BCUT2D eigenvalue weighted by Crippen LogP contribution is 2.39. The van der Waals surface area contributed by atoms with Gasteiger partial charge in [0.05, 0.1) is 0 Å². The molecule has 210 valence electrons. The number of nitrogens with one attached hydrogen (secondary N) is 2. The number of oxazole rings is 1. The van der Waals surface area contributed by atoms with Crippen LogP contribution in [-0.2, 0) is 21.7 Å². The molecule has 2 atom stereocenters. The summed E-state index contributed by atoms with van der Waals surface area (Å²) in [5.74, 6) is 2.78. The molecule has 3 aromatic heterocycles. The maximum Gasteiger partial charge on any atom is 0.427 e. The Morgan fingerprint density at radius 3 is 2.65 bits per heavy atom. The Hall–Kier alpha value is -3.54. The van der Waals surface area contributed by atoms with E-state index < -0.39 is 17.9 Å². The maximum atomic E-state index is 11.8. The molecular weight excluding hydrogens is 534 g/mol. The number of ether oxygens (including phenoxy) is 1. The second-order valence-electron chi connectivity index (χ2n) is 10.9. The standard InChI is InChI=1S/C28H32ClN7O4/c1-15-8-10-17(11-9-15)13-36-21-20(18-6-5-7-19(29)12-18)31-24(25-34-27(37)40-35-25)32-23(21)33-26(36)28(3,38-4)22-16(2)39-14-30-22/h5-7,12,14-15,17,25,35H,8-11,13H2,1-4H3,(H,34,37). The first-order valence-corrected chi connectivity index (χ1v) is 13.9. The van der Waals surface area contributed by atoms with Crippen LogP contribution in [0.4, 0.5) is 4.79 Å². The molecule has 4 aromatic rings. The number of halogens is 1. The number of imidazole rings is 1. The van der Waals surface area contributed by atoms with Gasteiger partial charge in [0, 0.05) is 24.2 Å². The van der Waals surface area contributed by atoms with Crippen molar-refractivity contribution in [1.29, 1.82) is 0 Å². The van der Waals surface area contributed by atoms with E-state index in [1.807, 2.05) is 38.1 Å². The molecule has 2 fully saturated rings. The largest absolute Gasteiger partial charge is 0.448 e. The van der Waals surface area contributed by atoms with Crippen LogP contribution in [0.2, 0.25) is 5.02 Å². The molecule has 1 aliphatic heterocycles. The summed E-state index contributed by atoms with van der Waals surface area (Å²) in [4.78, 5) is 36.0. The van der Waals surface area contributed by atoms with Crippen LogP contribution in [0.3, 0.4) is 0 Å². The van der Waals surface area contributed by atoms with Crippen molar-refractivity contribution in [2.45, 2.75) is 64.8 Å². The van der Waals surface area contributed by atoms with E-state index in [1.54, 1.807) is 7.11 Å². The van der Waals surface area contributed by atoms with Gasteiger partial charge in [-0.3, -0.25) is 5.32 Å². The Morgan fingerprint density at radius 2 is 2.00 bits per heavy atom. The second kappa shape index (κ2) is 10.5. The van der Waals surface area contributed by atoms with E-state index in [-0.39, 0.29) is 0 Å². The minimum atomic E-state index is -1.03. The summed E-state index contributed by atoms with van der Waals surface area (Å²) >= 11 is 6.43. The lowest BCUT2D eigenvalue weighted by atomic mass is 9.83. The van der Waals surface area contributed by atoms with Gasteiger partial charge >= 0.3 is 6.09 Å². The molecule has 2 N–H and O–H groups in total. The van der Waals surface area contributed by atoms with Gasteiger partial charge in [-0.05, 0) is 50.7 Å². The zero-order valence-corrected chi connectivity index (χ0v) is 23.7. The van der Waals surface area contributed by atoms with Crippen LogP contribution in [0, 0.1) is 18.8 Å². The van der Waals surface area contributed by atoms with Gasteiger partial charge in [0.2, 0.25) is 0 Å². The Labute approximate surface area is 236 Å². The van der Waals surface area contributed by atoms with Gasteiger partial charge < -0.3 is 18.6 Å². The number of carbonyl (C=O) groups excluding carboxylic acids is 1. The molecule has 40 heavy (non-hydrogen) atoms. The lowest BCUT2D eigenvalue weighted by molar-refractivity contribution is 0.0234. The van der Waals surface area contributed by atoms with E-state index in [1.165, 1.54) is 19.2 Å². The van der Waals surface area contributed by atoms with E-state index in [2.05, 4.69) is 27.3 Å². The SMILES string of the molecule is COC(C)(c1ncoc1C)c1nc2nc(C3NOC(=O)N3)nc(-c3cccc(Cl)c3)c2n1CC1CCC(C)CC1. The van der Waals surface area contributed by atoms with Gasteiger partial charge in [-0.2, -0.15) is 0 Å². The van der Waals surface area contributed by atoms with Gasteiger partial charge in [0.25, 0.3) is 0 Å². The minimum Gasteiger partial charge on any atom is -0.448 e. The third-order valence-corrected chi connectivity index (χ3v) is 8.35. The number of fused-ring (bicyclic) bond motifs is 1. The minimum absolute atomic E-state index is 0.313. The normalized spacial score (nSPS) is 22.7. The molecule has 1 aliphatic carbocycles. The number of hydroxylamine groups is 1. The van der Waals surface area contributed by atoms with Crippen LogP contribution in [0.1, 0.15) is 68.8 Å². The highest BCUT2D eigenvalue weighted by Gasteiger charge is 2.41. The van der Waals surface area contributed by atoms with Crippen molar-refractivity contribution in [3.8, 4) is 11.3 Å². The third-order valence-electron chi connectivity index (χ3n) is 8.12. The zero-order chi connectivity index (χ0) is 28.0. The molecule has 1 saturated carbocycles. The second-order valence-corrected chi connectivity index (χ2v) is 11.3. The van der Waals surface area contributed by atoms with Crippen molar-refractivity contribution < 1.29 is 18.8 Å². The number of nitrogens with zero attached hydrogens (tertiary/aromatic N) is 5. The summed E-state index contributed by atoms with van der Waals surface area (Å²) < 4.78 is 13.9. The van der Waals surface area contributed by atoms with Gasteiger partial charge in [-0.15, -0.1) is 5.48 Å². The van der Waals surface area contributed by atoms with E-state index in [0.717, 1.165) is 29.8 Å². The number of hydrogen-bond donors (Lipinski definition) is 2. The van der Waals surface area contributed by atoms with Crippen LogP contribution in [-0.4, -0.2) is 37.7 Å². The van der Waals surface area contributed by atoms with Gasteiger partial charge in [-0.1, -0.05) is 43.5 Å². The monoisotopic (exact) mass is 565 g/mol. The predicted octanol–water partition coefficient (Wildman–Crippen LogP) is 5.42. The van der Waals surface area contributed by atoms with E-state index >= 15 is 0 Å². The average Bonchev–Trinajstić information content (AvgIpc) is 3.68. The van der Waals surface area contributed by atoms with Gasteiger partial charge in [0.1, 0.15) is 28.5 Å². The van der Waals surface area contributed by atoms with Crippen molar-refractivity contribution in [3.05, 3.63) is 58.8 Å². The molecule has 1 amide bonds. The summed E-state index contributed by atoms with van der Waals surface area (Å²) in [5, 5.41) is 3.26. The molecular formula is C28H32ClN7O4. The fourth-order valence-corrected chi connectivity index (χ4v) is 5.99. The van der Waals surface area contributed by atoms with Crippen LogP contribution in [0.5, 0.6) is 0 Å². The Kier molecular flexibility index (Phi) is 6.97. The first kappa shape index (κ1) is 26.7. The fraction of sp³-hybridized carbons (Fsp3) is 0.464. The van der Waals surface area contributed by atoms with Crippen molar-refractivity contribution in [2.75, 3.05) is 7.11 Å². The molecule has 0 radical (unpaired) electrons. The number of rotatable bonds is 7. The summed E-state index contributed by atoms with van der Waals surface area (Å²) in [5.41, 5.74) is 4.92. The molecule has 6 rings (SSSR count). The number of amides is 1. The first-order valence-electron chi connectivity index (χ1n) is 13.5. The molecule has 2 unspecified atom stereocenters. The molecule has 2 aliphatic rings. The van der Waals surface area contributed by atoms with Crippen LogP contribution >= 0.6 is 11.6 Å². The van der Waals surface area contributed by atoms with Crippen molar-refractivity contribution in [2.24, 2.45) is 11.8 Å². The van der Waals surface area contributed by atoms with Crippen molar-refractivity contribution >= 4 is 28.9 Å². The van der Waals surface area contributed by atoms with E-state index in [4.69, 9.17) is 40.5 Å². The highest BCUT2D eigenvalue weighted by molar-refractivity contribution is 6.30. The highest BCUT2D eigenvalue weighted by atomic mass is 35.5. The van der Waals surface area contributed by atoms with Crippen LogP contribution in [0.15, 0.2) is 35.1 Å². The van der Waals surface area contributed by atoms with Crippen molar-refractivity contribution in [3.63, 3.8) is 0 Å². The first-order chi connectivity index (χ1) is 19.3. The third kappa shape index (κ3) is 4.71. The number of methoxy groups -OCH3 is 1. The van der Waals surface area contributed by atoms with Gasteiger partial charge in [0.15, 0.2) is 29.6 Å². The molecule has 1 aromatic carbocycles. The number of aromatic nitrogens is 5. The molecule has 12 heteroatoms. The Bertz CT molecular complexity index is 1560. The lowest BCUT2D eigenvalue weighted by Gasteiger charge is -2.31. The van der Waals surface area contributed by atoms with E-state index in [0.29, 0.717) is 51.9 Å². The summed E-state index contributed by atoms with van der Waals surface area (Å²) in [6, 6.07) is 7.51. The molecule has 4 heterocycles. The quantitative estimate of drug-likeness (QED) is 0.301. The number of carbonyl (C=O) groups is 1. The summed E-state index contributed by atoms with van der Waals surface area (Å²) in [7, 11) is 1.64.